The van der Waals surface area contributed by atoms with Gasteiger partial charge in [-0.15, -0.1) is 16.9 Å². The van der Waals surface area contributed by atoms with E-state index in [0.29, 0.717) is 23.3 Å². The first kappa shape index (κ1) is 20.5. The van der Waals surface area contributed by atoms with Gasteiger partial charge in [-0.2, -0.15) is 0 Å². The predicted octanol–water partition coefficient (Wildman–Crippen LogP) is 4.83. The predicted molar refractivity (Wildman–Crippen MR) is 119 cm³/mol. The van der Waals surface area contributed by atoms with Crippen molar-refractivity contribution >= 4 is 45.8 Å². The largest absolute Gasteiger partial charge is 0.445 e. The van der Waals surface area contributed by atoms with Crippen molar-refractivity contribution in [3.05, 3.63) is 59.3 Å². The zero-order chi connectivity index (χ0) is 20.8. The van der Waals surface area contributed by atoms with Crippen LogP contribution in [0.5, 0.6) is 0 Å². The molecule has 8 nitrogen and oxygen atoms in total. The van der Waals surface area contributed by atoms with Gasteiger partial charge in [-0.05, 0) is 17.1 Å². The maximum Gasteiger partial charge on any atom is 0.321 e. The fraction of sp³-hybridized carbons (Fsp3) is 0.211. The van der Waals surface area contributed by atoms with Gasteiger partial charge in [0.25, 0.3) is 0 Å². The van der Waals surface area contributed by atoms with Gasteiger partial charge in [0.05, 0.1) is 22.4 Å². The van der Waals surface area contributed by atoms with Gasteiger partial charge in [0.2, 0.25) is 5.89 Å². The molecule has 0 saturated heterocycles. The molecule has 4 rings (SSSR count). The van der Waals surface area contributed by atoms with Crippen molar-refractivity contribution in [3.63, 3.8) is 0 Å². The van der Waals surface area contributed by atoms with Crippen LogP contribution in [0.15, 0.2) is 50.7 Å². The molecule has 0 atom stereocenters. The molecule has 1 aromatic carbocycles. The lowest BCUT2D eigenvalue weighted by Crippen LogP contribution is -2.28. The minimum Gasteiger partial charge on any atom is -0.445 e. The van der Waals surface area contributed by atoms with Crippen molar-refractivity contribution in [1.29, 1.82) is 0 Å². The van der Waals surface area contributed by atoms with E-state index in [1.807, 2.05) is 36.6 Å². The number of benzene rings is 1. The smallest absolute Gasteiger partial charge is 0.321 e. The highest BCUT2D eigenvalue weighted by molar-refractivity contribution is 8.00. The molecule has 0 aliphatic carbocycles. The molecule has 0 spiro atoms. The van der Waals surface area contributed by atoms with E-state index < -0.39 is 0 Å². The Labute approximate surface area is 185 Å². The van der Waals surface area contributed by atoms with Crippen molar-refractivity contribution in [2.75, 3.05) is 5.32 Å². The summed E-state index contributed by atoms with van der Waals surface area (Å²) in [4.78, 5) is 20.6. The number of urea groups is 1. The van der Waals surface area contributed by atoms with Crippen molar-refractivity contribution in [2.24, 2.45) is 0 Å². The Bertz CT molecular complexity index is 1090. The number of nitrogens with zero attached hydrogens (tertiary/aromatic N) is 4. The highest BCUT2D eigenvalue weighted by Gasteiger charge is 2.09. The third kappa shape index (κ3) is 5.43. The van der Waals surface area contributed by atoms with Gasteiger partial charge in [-0.25, -0.2) is 14.8 Å². The van der Waals surface area contributed by atoms with E-state index in [0.717, 1.165) is 33.2 Å². The van der Waals surface area contributed by atoms with Crippen molar-refractivity contribution in [3.8, 4) is 11.3 Å². The number of oxazole rings is 1. The number of rotatable bonds is 8. The Balaban J connectivity index is 1.23. The first-order valence-electron chi connectivity index (χ1n) is 9.13. The molecule has 0 radical (unpaired) electrons. The molecule has 0 bridgehead atoms. The number of hydrogen-bond acceptors (Lipinski definition) is 9. The van der Waals surface area contributed by atoms with Crippen LogP contribution in [-0.2, 0) is 18.7 Å². The molecule has 0 aliphatic rings. The highest BCUT2D eigenvalue weighted by atomic mass is 32.2. The molecule has 0 aliphatic heterocycles. The highest BCUT2D eigenvalue weighted by Crippen LogP contribution is 2.30. The summed E-state index contributed by atoms with van der Waals surface area (Å²) >= 11 is 4.31. The molecule has 3 aromatic heterocycles. The van der Waals surface area contributed by atoms with Gasteiger partial charge in [0.15, 0.2) is 5.13 Å². The molecule has 3 heterocycles. The van der Waals surface area contributed by atoms with Crippen molar-refractivity contribution in [1.82, 2.24) is 24.9 Å². The van der Waals surface area contributed by atoms with Gasteiger partial charge in [0.1, 0.15) is 11.5 Å². The Hall–Kier alpha value is -2.76. The number of aromatic nitrogens is 4. The van der Waals surface area contributed by atoms with Gasteiger partial charge in [0, 0.05) is 23.9 Å². The van der Waals surface area contributed by atoms with Gasteiger partial charge in [-0.1, -0.05) is 47.0 Å². The molecule has 154 valence electrons. The third-order valence-electron chi connectivity index (χ3n) is 4.06. The summed E-state index contributed by atoms with van der Waals surface area (Å²) in [7, 11) is 0. The number of thiazole rings is 1. The second-order valence-electron chi connectivity index (χ2n) is 6.14. The first-order valence-corrected chi connectivity index (χ1v) is 11.8. The Morgan fingerprint density at radius 1 is 1.20 bits per heavy atom. The summed E-state index contributed by atoms with van der Waals surface area (Å²) in [5.41, 5.74) is 2.84. The molecule has 0 unspecified atom stereocenters. The topological polar surface area (TPSA) is 106 Å². The average molecular weight is 459 g/mol. The van der Waals surface area contributed by atoms with E-state index in [-0.39, 0.29) is 6.03 Å². The second kappa shape index (κ2) is 9.83. The fourth-order valence-electron chi connectivity index (χ4n) is 2.50. The van der Waals surface area contributed by atoms with Crippen molar-refractivity contribution < 1.29 is 9.21 Å². The van der Waals surface area contributed by atoms with Crippen LogP contribution in [0.1, 0.15) is 24.1 Å². The minimum atomic E-state index is -0.297. The van der Waals surface area contributed by atoms with Crippen LogP contribution in [0, 0.1) is 0 Å². The van der Waals surface area contributed by atoms with E-state index in [2.05, 4.69) is 30.2 Å². The fourth-order valence-corrected chi connectivity index (χ4v) is 4.69. The zero-order valence-electron chi connectivity index (χ0n) is 16.0. The first-order chi connectivity index (χ1) is 14.7. The van der Waals surface area contributed by atoms with E-state index in [1.165, 1.54) is 22.9 Å². The normalized spacial score (nSPS) is 10.8. The van der Waals surface area contributed by atoms with Crippen LogP contribution in [0.2, 0.25) is 0 Å². The molecule has 2 N–H and O–H groups in total. The maximum atomic E-state index is 12.2. The van der Waals surface area contributed by atoms with E-state index >= 15 is 0 Å². The molecule has 0 fully saturated rings. The standard InChI is InChI=1S/C19H18N6O2S3/c1-2-14-8-20-16(27-14)11-28-17-9-22-19(30-17)23-18(26)21-7-12-3-5-13(6-4-12)15-10-29-25-24-15/h3-6,8-10H,2,7,11H2,1H3,(H2,21,22,23,26). The Kier molecular flexibility index (Phi) is 6.72. The number of aryl methyl sites for hydroxylation is 1. The SMILES string of the molecule is CCc1cnc(CSc2cnc(NC(=O)NCc3ccc(-c4csnn4)cc3)s2)o1. The van der Waals surface area contributed by atoms with Crippen LogP contribution in [0.4, 0.5) is 9.93 Å². The monoisotopic (exact) mass is 458 g/mol. The summed E-state index contributed by atoms with van der Waals surface area (Å²) in [6.07, 6.45) is 4.32. The van der Waals surface area contributed by atoms with Crippen LogP contribution < -0.4 is 10.6 Å². The summed E-state index contributed by atoms with van der Waals surface area (Å²) < 4.78 is 10.4. The Morgan fingerprint density at radius 2 is 2.07 bits per heavy atom. The summed E-state index contributed by atoms with van der Waals surface area (Å²) in [6.45, 7) is 2.44. The summed E-state index contributed by atoms with van der Waals surface area (Å²) in [5.74, 6) is 2.19. The average Bonchev–Trinajstić information content (AvgIpc) is 3.53. The van der Waals surface area contributed by atoms with E-state index in [1.54, 1.807) is 24.2 Å². The number of nitrogens with one attached hydrogen (secondary N) is 2. The van der Waals surface area contributed by atoms with Crippen molar-refractivity contribution in [2.45, 2.75) is 29.9 Å². The summed E-state index contributed by atoms with van der Waals surface area (Å²) in [6, 6.07) is 7.55. The Morgan fingerprint density at radius 3 is 2.80 bits per heavy atom. The number of anilines is 1. The quantitative estimate of drug-likeness (QED) is 0.364. The lowest BCUT2D eigenvalue weighted by atomic mass is 10.1. The molecule has 2 amide bonds. The van der Waals surface area contributed by atoms with E-state index in [9.17, 15) is 4.79 Å². The van der Waals surface area contributed by atoms with Crippen LogP contribution in [-0.4, -0.2) is 25.6 Å². The van der Waals surface area contributed by atoms with Gasteiger partial charge in [-0.3, -0.25) is 5.32 Å². The number of amides is 2. The molecule has 4 aromatic rings. The molecular weight excluding hydrogens is 440 g/mol. The van der Waals surface area contributed by atoms with Gasteiger partial charge >= 0.3 is 6.03 Å². The second-order valence-corrected chi connectivity index (χ2v) is 9.06. The third-order valence-corrected chi connectivity index (χ3v) is 6.65. The van der Waals surface area contributed by atoms with Gasteiger partial charge < -0.3 is 9.73 Å². The number of hydrogen-bond donors (Lipinski definition) is 2. The maximum absolute atomic E-state index is 12.2. The van der Waals surface area contributed by atoms with E-state index in [4.69, 9.17) is 4.42 Å². The molecule has 30 heavy (non-hydrogen) atoms. The lowest BCUT2D eigenvalue weighted by molar-refractivity contribution is 0.251. The van der Waals surface area contributed by atoms with Crippen LogP contribution in [0.25, 0.3) is 11.3 Å². The molecule has 0 saturated carbocycles. The minimum absolute atomic E-state index is 0.297. The molecular formula is C19H18N6O2S3. The number of thioether (sulfide) groups is 1. The van der Waals surface area contributed by atoms with Crippen LogP contribution >= 0.6 is 34.6 Å². The number of carbonyl (C=O) groups excluding carboxylic acids is 1. The molecule has 11 heteroatoms. The lowest BCUT2D eigenvalue weighted by Gasteiger charge is -2.06. The number of carbonyl (C=O) groups is 1. The van der Waals surface area contributed by atoms with Crippen LogP contribution in [0.3, 0.4) is 0 Å². The zero-order valence-corrected chi connectivity index (χ0v) is 18.4. The summed E-state index contributed by atoms with van der Waals surface area (Å²) in [5, 5.41) is 12.1.